The van der Waals surface area contributed by atoms with E-state index in [0.717, 1.165) is 0 Å². The van der Waals surface area contributed by atoms with Gasteiger partial charge in [0.15, 0.2) is 0 Å². The number of nitrogens with zero attached hydrogens (tertiary/aromatic N) is 1. The van der Waals surface area contributed by atoms with Crippen molar-refractivity contribution in [3.63, 3.8) is 0 Å². The summed E-state index contributed by atoms with van der Waals surface area (Å²) in [6.07, 6.45) is 0.451. The van der Waals surface area contributed by atoms with Gasteiger partial charge in [-0.25, -0.2) is 0 Å². The molecule has 0 aromatic carbocycles. The third-order valence-electron chi connectivity index (χ3n) is 0.857. The summed E-state index contributed by atoms with van der Waals surface area (Å²) in [6.45, 7) is 4.44. The van der Waals surface area contributed by atoms with Gasteiger partial charge in [0.1, 0.15) is 0 Å². The maximum absolute atomic E-state index is 10.6. The molecule has 0 radical (unpaired) electrons. The molecule has 1 amide bonds. The summed E-state index contributed by atoms with van der Waals surface area (Å²) >= 11 is 0. The topological polar surface area (TPSA) is 46.3 Å². The molecule has 2 N–H and O–H groups in total. The van der Waals surface area contributed by atoms with Crippen LogP contribution in [0.25, 0.3) is 0 Å². The second-order valence-electron chi connectivity index (χ2n) is 1.83. The van der Waals surface area contributed by atoms with Crippen LogP contribution in [-0.2, 0) is 4.79 Å². The highest BCUT2D eigenvalue weighted by Crippen LogP contribution is 1.81. The molecule has 0 fully saturated rings. The Morgan fingerprint density at radius 3 is 2.00 bits per heavy atom. The summed E-state index contributed by atoms with van der Waals surface area (Å²) in [5.74, 6) is 0.0903. The summed E-state index contributed by atoms with van der Waals surface area (Å²) < 4.78 is 0. The molecule has 0 aromatic heterocycles. The van der Waals surface area contributed by atoms with E-state index in [0.29, 0.717) is 13.0 Å². The second-order valence-corrected chi connectivity index (χ2v) is 1.83. The zero-order chi connectivity index (χ0) is 8.57. The van der Waals surface area contributed by atoms with Crippen molar-refractivity contribution in [1.82, 2.24) is 4.90 Å². The fourth-order valence-electron chi connectivity index (χ4n) is 0.347. The molecule has 0 aliphatic rings. The second kappa shape index (κ2) is 8.43. The summed E-state index contributed by atoms with van der Waals surface area (Å²) in [7, 11) is 3.44. The molecule has 0 bridgehead atoms. The van der Waals surface area contributed by atoms with E-state index in [9.17, 15) is 4.79 Å². The first-order valence-corrected chi connectivity index (χ1v) is 3.58. The quantitative estimate of drug-likeness (QED) is 0.626. The Labute approximate surface area is 64.7 Å². The molecule has 0 spiro atoms. The minimum absolute atomic E-state index is 0. The van der Waals surface area contributed by atoms with Crippen LogP contribution in [0.3, 0.4) is 0 Å². The van der Waals surface area contributed by atoms with Crippen molar-refractivity contribution in [2.24, 2.45) is 5.73 Å². The maximum Gasteiger partial charge on any atom is 0.223 e. The molecule has 0 saturated carbocycles. The van der Waals surface area contributed by atoms with Gasteiger partial charge >= 0.3 is 0 Å². The van der Waals surface area contributed by atoms with Gasteiger partial charge in [-0.1, -0.05) is 13.8 Å². The largest absolute Gasteiger partial charge is 0.349 e. The number of hydrogen-bond donors (Lipinski definition) is 1. The van der Waals surface area contributed by atoms with Gasteiger partial charge in [0.25, 0.3) is 0 Å². The van der Waals surface area contributed by atoms with E-state index < -0.39 is 0 Å². The van der Waals surface area contributed by atoms with Gasteiger partial charge in [-0.2, -0.15) is 0 Å². The number of hydrogen-bond acceptors (Lipinski definition) is 2. The van der Waals surface area contributed by atoms with Crippen LogP contribution in [0.15, 0.2) is 0 Å². The van der Waals surface area contributed by atoms with Gasteiger partial charge in [0.2, 0.25) is 5.91 Å². The van der Waals surface area contributed by atoms with Crippen molar-refractivity contribution in [2.45, 2.75) is 20.3 Å². The lowest BCUT2D eigenvalue weighted by molar-refractivity contribution is -0.128. The summed E-state index contributed by atoms with van der Waals surface area (Å²) in [4.78, 5) is 12.1. The predicted molar refractivity (Wildman–Crippen MR) is 45.8 cm³/mol. The molecule has 0 atom stereocenters. The molecule has 0 aliphatic heterocycles. The number of carbonyl (C=O) groups excluding carboxylic acids is 1. The van der Waals surface area contributed by atoms with E-state index in [1.807, 2.05) is 13.8 Å². The fraction of sp³-hybridized carbons (Fsp3) is 0.857. The van der Waals surface area contributed by atoms with Crippen molar-refractivity contribution >= 4 is 5.91 Å². The third kappa shape index (κ3) is 7.43. The Morgan fingerprint density at radius 2 is 1.90 bits per heavy atom. The first-order valence-electron chi connectivity index (χ1n) is 3.58. The molecular weight excluding hydrogens is 128 g/mol. The minimum atomic E-state index is 0. The van der Waals surface area contributed by atoms with E-state index in [4.69, 9.17) is 5.73 Å². The standard InChI is InChI=1S/C5H12N2O.C2H6.H2/c1-7(2)5(8)3-4-6;1-2;/h3-4,6H2,1-2H3;1-2H3;1H. The molecular formula is C7H20N2O. The van der Waals surface area contributed by atoms with Crippen LogP contribution >= 0.6 is 0 Å². The van der Waals surface area contributed by atoms with E-state index >= 15 is 0 Å². The number of amides is 1. The Bertz CT molecular complexity index is 86.5. The van der Waals surface area contributed by atoms with Crippen molar-refractivity contribution in [2.75, 3.05) is 20.6 Å². The molecule has 0 unspecified atom stereocenters. The Morgan fingerprint density at radius 1 is 1.50 bits per heavy atom. The molecule has 0 aliphatic carbocycles. The van der Waals surface area contributed by atoms with Gasteiger partial charge in [-0.3, -0.25) is 4.79 Å². The van der Waals surface area contributed by atoms with Crippen LogP contribution in [0, 0.1) is 0 Å². The lowest BCUT2D eigenvalue weighted by atomic mass is 10.4. The first-order chi connectivity index (χ1) is 4.68. The molecule has 0 aromatic rings. The highest BCUT2D eigenvalue weighted by Gasteiger charge is 1.98. The molecule has 0 heterocycles. The average molecular weight is 148 g/mol. The maximum atomic E-state index is 10.6. The van der Waals surface area contributed by atoms with E-state index in [-0.39, 0.29) is 7.33 Å². The SMILES string of the molecule is CC.CN(C)C(=O)CCN.[HH]. The van der Waals surface area contributed by atoms with Gasteiger partial charge in [-0.05, 0) is 0 Å². The molecule has 64 valence electrons. The third-order valence-corrected chi connectivity index (χ3v) is 0.857. The van der Waals surface area contributed by atoms with Gasteiger partial charge in [0.05, 0.1) is 0 Å². The van der Waals surface area contributed by atoms with Crippen molar-refractivity contribution in [1.29, 1.82) is 0 Å². The number of carbonyl (C=O) groups is 1. The monoisotopic (exact) mass is 148 g/mol. The molecule has 3 nitrogen and oxygen atoms in total. The minimum Gasteiger partial charge on any atom is -0.349 e. The Balaban J connectivity index is -0.000000196. The van der Waals surface area contributed by atoms with E-state index in [1.165, 1.54) is 4.90 Å². The van der Waals surface area contributed by atoms with E-state index in [2.05, 4.69) is 0 Å². The van der Waals surface area contributed by atoms with Crippen LogP contribution in [0.2, 0.25) is 0 Å². The fourth-order valence-corrected chi connectivity index (χ4v) is 0.347. The highest BCUT2D eigenvalue weighted by molar-refractivity contribution is 5.75. The smallest absolute Gasteiger partial charge is 0.223 e. The van der Waals surface area contributed by atoms with Crippen LogP contribution in [0.5, 0.6) is 0 Å². The molecule has 10 heavy (non-hydrogen) atoms. The Kier molecular flexibility index (Phi) is 10.2. The molecule has 3 heteroatoms. The van der Waals surface area contributed by atoms with Crippen LogP contribution < -0.4 is 5.73 Å². The highest BCUT2D eigenvalue weighted by atomic mass is 16.2. The lowest BCUT2D eigenvalue weighted by Crippen LogP contribution is -2.23. The van der Waals surface area contributed by atoms with Crippen molar-refractivity contribution in [3.05, 3.63) is 0 Å². The predicted octanol–water partition coefficient (Wildman–Crippen LogP) is 0.696. The van der Waals surface area contributed by atoms with Crippen molar-refractivity contribution < 1.29 is 6.22 Å². The summed E-state index contributed by atoms with van der Waals surface area (Å²) in [6, 6.07) is 0. The summed E-state index contributed by atoms with van der Waals surface area (Å²) in [5.41, 5.74) is 5.12. The number of rotatable bonds is 2. The average Bonchev–Trinajstić information content (AvgIpc) is 1.93. The van der Waals surface area contributed by atoms with Gasteiger partial charge < -0.3 is 10.6 Å². The Hall–Kier alpha value is -0.570. The van der Waals surface area contributed by atoms with E-state index in [1.54, 1.807) is 14.1 Å². The van der Waals surface area contributed by atoms with Crippen LogP contribution in [-0.4, -0.2) is 31.4 Å². The van der Waals surface area contributed by atoms with Gasteiger partial charge in [0, 0.05) is 28.5 Å². The zero-order valence-corrected chi connectivity index (χ0v) is 7.35. The first kappa shape index (κ1) is 12.1. The van der Waals surface area contributed by atoms with Crippen LogP contribution in [0.1, 0.15) is 21.7 Å². The molecule has 0 saturated heterocycles. The van der Waals surface area contributed by atoms with Gasteiger partial charge in [-0.15, -0.1) is 0 Å². The van der Waals surface area contributed by atoms with Crippen molar-refractivity contribution in [3.8, 4) is 0 Å². The van der Waals surface area contributed by atoms with Crippen LogP contribution in [0.4, 0.5) is 0 Å². The summed E-state index contributed by atoms with van der Waals surface area (Å²) in [5, 5.41) is 0. The zero-order valence-electron chi connectivity index (χ0n) is 7.35. The number of nitrogens with two attached hydrogens (primary N) is 1. The molecule has 0 rings (SSSR count). The lowest BCUT2D eigenvalue weighted by Gasteiger charge is -2.07. The normalized spacial score (nSPS) is 7.70.